The number of amides is 3. The first kappa shape index (κ1) is 49.1. The summed E-state index contributed by atoms with van der Waals surface area (Å²) in [6.45, 7) is -2.05. The Bertz CT molecular complexity index is 1210. The molecule has 0 aromatic carbocycles. The first-order valence-electron chi connectivity index (χ1n) is 18.7. The Hall–Kier alpha value is -2.31. The van der Waals surface area contributed by atoms with Crippen LogP contribution < -0.4 is 21.4 Å². The van der Waals surface area contributed by atoms with Crippen molar-refractivity contribution >= 4 is 17.7 Å². The summed E-state index contributed by atoms with van der Waals surface area (Å²) in [6, 6.07) is -0.589. The highest BCUT2D eigenvalue weighted by atomic mass is 16.7. The van der Waals surface area contributed by atoms with Gasteiger partial charge in [0.2, 0.25) is 11.8 Å². The fraction of sp³-hybridized carbons (Fsp3) is 0.909. The Morgan fingerprint density at radius 1 is 0.632 bits per heavy atom. The van der Waals surface area contributed by atoms with Crippen LogP contribution in [-0.4, -0.2) is 221 Å². The summed E-state index contributed by atoms with van der Waals surface area (Å²) in [4.78, 5) is 41.0. The lowest BCUT2D eigenvalue weighted by molar-refractivity contribution is -0.366. The minimum Gasteiger partial charge on any atom is -0.394 e. The van der Waals surface area contributed by atoms with Gasteiger partial charge in [-0.25, -0.2) is 5.48 Å². The number of hydrogen-bond acceptors (Lipinski definition) is 21. The van der Waals surface area contributed by atoms with E-state index < -0.39 is 124 Å². The lowest BCUT2D eigenvalue weighted by Crippen LogP contribution is -2.65. The van der Waals surface area contributed by atoms with Crippen molar-refractivity contribution in [2.45, 2.75) is 137 Å². The zero-order chi connectivity index (χ0) is 42.2. The predicted octanol–water partition coefficient (Wildman–Crippen LogP) is -7.71. The highest BCUT2D eigenvalue weighted by Gasteiger charge is 2.52. The summed E-state index contributed by atoms with van der Waals surface area (Å²) in [6.07, 6.45) is -22.9. The average Bonchev–Trinajstić information content (AvgIpc) is 3.19. The minimum absolute atomic E-state index is 0.0513. The normalized spacial score (nSPS) is 36.3. The Morgan fingerprint density at radius 3 is 1.81 bits per heavy atom. The smallest absolute Gasteiger partial charge is 0.260 e. The predicted molar refractivity (Wildman–Crippen MR) is 187 cm³/mol. The van der Waals surface area contributed by atoms with Crippen LogP contribution >= 0.6 is 0 Å². The average molecular weight is 833 g/mol. The van der Waals surface area contributed by atoms with Gasteiger partial charge in [-0.15, -0.1) is 0 Å². The van der Waals surface area contributed by atoms with Gasteiger partial charge in [-0.05, 0) is 26.3 Å². The maximum atomic E-state index is 12.4. The van der Waals surface area contributed by atoms with E-state index in [9.17, 15) is 65.4 Å². The van der Waals surface area contributed by atoms with Crippen molar-refractivity contribution in [2.75, 3.05) is 53.7 Å². The van der Waals surface area contributed by atoms with Crippen molar-refractivity contribution < 1.29 is 98.7 Å². The van der Waals surface area contributed by atoms with Crippen molar-refractivity contribution in [3.8, 4) is 0 Å². The molecule has 0 unspecified atom stereocenters. The molecule has 332 valence electrons. The highest BCUT2D eigenvalue weighted by molar-refractivity contribution is 5.82. The molecule has 3 aliphatic rings. The number of rotatable bonds is 23. The number of unbranched alkanes of at least 4 members (excludes halogenated alkanes) is 2. The van der Waals surface area contributed by atoms with Crippen LogP contribution in [0.3, 0.4) is 0 Å². The number of carbonyl (C=O) groups excluding carboxylic acids is 3. The van der Waals surface area contributed by atoms with Crippen LogP contribution in [0.5, 0.6) is 0 Å². The van der Waals surface area contributed by atoms with Crippen molar-refractivity contribution in [3.05, 3.63) is 0 Å². The van der Waals surface area contributed by atoms with E-state index in [-0.39, 0.29) is 44.2 Å². The number of aliphatic hydroxyl groups is 10. The van der Waals surface area contributed by atoms with Crippen molar-refractivity contribution in [3.63, 3.8) is 0 Å². The molecule has 3 amide bonds. The number of likely N-dealkylation sites (N-methyl/N-ethyl adjacent to an activating group) is 1. The maximum Gasteiger partial charge on any atom is 0.260 e. The fourth-order valence-electron chi connectivity index (χ4n) is 6.28. The molecule has 0 spiro atoms. The second-order valence-corrected chi connectivity index (χ2v) is 13.8. The topological polar surface area (TPSA) is 366 Å². The molecule has 0 aromatic rings. The summed E-state index contributed by atoms with van der Waals surface area (Å²) in [5.74, 6) is -0.929. The molecule has 16 atom stereocenters. The molecule has 0 aromatic heterocycles. The number of hydrogen-bond donors (Lipinski definition) is 14. The quantitative estimate of drug-likeness (QED) is 0.0336. The van der Waals surface area contributed by atoms with Crippen LogP contribution in [0, 0.1) is 0 Å². The minimum atomic E-state index is -1.90. The van der Waals surface area contributed by atoms with E-state index in [0.717, 1.165) is 0 Å². The molecule has 0 saturated carbocycles. The standard InChI is InChI=1S/C33H60N4O20/c1-34-15(30(50)37-51-2)7-8-20(41)35-9-5-3-4-6-19(40)36-10-11-52-32-28(49)29(57-33-27(48)25(46)22(43)17(13-39)55-33)23(44)18(56-32)14-53-31-26(47)24(45)21(42)16(12-38)54-31/h15-18,21-29,31-34,38-39,42-49H,3-14H2,1-2H3,(H,35,41)(H,36,40)(H,37,50)/t15-,16+,17+,18+,21+,22+,23+,24-,25-,26-,27-,28-,29-,31-,32-,33+/m0/s1. The van der Waals surface area contributed by atoms with E-state index in [1.807, 2.05) is 0 Å². The molecule has 3 saturated heterocycles. The molecule has 3 aliphatic heterocycles. The molecule has 3 rings (SSSR count). The molecule has 24 heteroatoms. The molecule has 3 fully saturated rings. The second-order valence-electron chi connectivity index (χ2n) is 13.8. The van der Waals surface area contributed by atoms with E-state index in [4.69, 9.17) is 28.4 Å². The second kappa shape index (κ2) is 24.7. The molecule has 3 heterocycles. The number of hydroxylamine groups is 1. The van der Waals surface area contributed by atoms with E-state index in [2.05, 4.69) is 26.3 Å². The number of nitrogens with one attached hydrogen (secondary N) is 4. The first-order valence-corrected chi connectivity index (χ1v) is 18.7. The van der Waals surface area contributed by atoms with E-state index in [1.54, 1.807) is 7.05 Å². The van der Waals surface area contributed by atoms with Gasteiger partial charge in [0.05, 0.1) is 39.6 Å². The summed E-state index contributed by atoms with van der Waals surface area (Å²) in [5.41, 5.74) is 2.21. The summed E-state index contributed by atoms with van der Waals surface area (Å²) in [7, 11) is 2.91. The van der Waals surface area contributed by atoms with Gasteiger partial charge in [0.15, 0.2) is 18.9 Å². The van der Waals surface area contributed by atoms with Gasteiger partial charge in [-0.2, -0.15) is 0 Å². The molecule has 14 N–H and O–H groups in total. The van der Waals surface area contributed by atoms with E-state index >= 15 is 0 Å². The third kappa shape index (κ3) is 14.1. The highest BCUT2D eigenvalue weighted by Crippen LogP contribution is 2.31. The summed E-state index contributed by atoms with van der Waals surface area (Å²) in [5, 5.41) is 111. The van der Waals surface area contributed by atoms with Gasteiger partial charge in [-0.3, -0.25) is 19.2 Å². The van der Waals surface area contributed by atoms with Gasteiger partial charge in [0.25, 0.3) is 5.91 Å². The molecule has 57 heavy (non-hydrogen) atoms. The molecular formula is C33H60N4O20. The molecule has 0 bridgehead atoms. The van der Waals surface area contributed by atoms with Crippen LogP contribution in [0.1, 0.15) is 38.5 Å². The van der Waals surface area contributed by atoms with Crippen LogP contribution in [0.25, 0.3) is 0 Å². The Kier molecular flexibility index (Phi) is 21.3. The number of ether oxygens (including phenoxy) is 6. The third-order valence-corrected chi connectivity index (χ3v) is 9.69. The van der Waals surface area contributed by atoms with Gasteiger partial charge in [-0.1, -0.05) is 6.42 Å². The number of carbonyl (C=O) groups is 3. The van der Waals surface area contributed by atoms with Crippen molar-refractivity contribution in [1.82, 2.24) is 21.4 Å². The fourth-order valence-corrected chi connectivity index (χ4v) is 6.28. The molecule has 0 aliphatic carbocycles. The van der Waals surface area contributed by atoms with Crippen molar-refractivity contribution in [1.29, 1.82) is 0 Å². The number of aliphatic hydroxyl groups excluding tert-OH is 10. The Morgan fingerprint density at radius 2 is 1.19 bits per heavy atom. The largest absolute Gasteiger partial charge is 0.394 e. The molecule has 0 radical (unpaired) electrons. The lowest BCUT2D eigenvalue weighted by atomic mass is 9.96. The van der Waals surface area contributed by atoms with E-state index in [0.29, 0.717) is 25.8 Å². The zero-order valence-electron chi connectivity index (χ0n) is 31.8. The van der Waals surface area contributed by atoms with Crippen LogP contribution in [0.4, 0.5) is 0 Å². The van der Waals surface area contributed by atoms with Gasteiger partial charge in [0.1, 0.15) is 73.2 Å². The van der Waals surface area contributed by atoms with E-state index in [1.165, 1.54) is 7.11 Å². The SMILES string of the molecule is CN[C@@H](CCC(=O)NCCCCCC(=O)NCCO[C@H]1O[C@H](CO[C@H]2O[C@H](CO)[C@@H](O)[C@H](O)[C@@H]2O)[C@@H](O)[C@H](O[C@H]2O[C@H](CO)[C@@H](O)[C@H](O)[C@@H]2O)[C@@H]1O)C(=O)NOC. The Balaban J connectivity index is 1.49. The lowest BCUT2D eigenvalue weighted by Gasteiger charge is -2.46. The Labute approximate surface area is 328 Å². The monoisotopic (exact) mass is 832 g/mol. The van der Waals surface area contributed by atoms with Gasteiger partial charge < -0.3 is 95.4 Å². The van der Waals surface area contributed by atoms with Gasteiger partial charge in [0, 0.05) is 25.9 Å². The summed E-state index contributed by atoms with van der Waals surface area (Å²) < 4.78 is 33.2. The van der Waals surface area contributed by atoms with Crippen molar-refractivity contribution in [2.24, 2.45) is 0 Å². The summed E-state index contributed by atoms with van der Waals surface area (Å²) >= 11 is 0. The van der Waals surface area contributed by atoms with Crippen LogP contribution in [0.15, 0.2) is 0 Å². The van der Waals surface area contributed by atoms with Crippen LogP contribution in [0.2, 0.25) is 0 Å². The first-order chi connectivity index (χ1) is 27.2. The third-order valence-electron chi connectivity index (χ3n) is 9.69. The van der Waals surface area contributed by atoms with Gasteiger partial charge >= 0.3 is 0 Å². The molecule has 24 nitrogen and oxygen atoms in total. The van der Waals surface area contributed by atoms with Crippen LogP contribution in [-0.2, 0) is 47.6 Å². The maximum absolute atomic E-state index is 12.4. The molecular weight excluding hydrogens is 772 g/mol. The zero-order valence-corrected chi connectivity index (χ0v) is 31.8.